The maximum atomic E-state index is 10.2. The first-order valence-electron chi connectivity index (χ1n) is 13.8. The smallest absolute Gasteiger partial charge is 0.104 e. The molecule has 0 atom stereocenters. The van der Waals surface area contributed by atoms with Crippen LogP contribution in [0.5, 0.6) is 0 Å². The number of carboxylic acid groups (broad SMARTS) is 1. The Morgan fingerprint density at radius 3 is 1.69 bits per heavy atom. The van der Waals surface area contributed by atoms with E-state index >= 15 is 0 Å². The van der Waals surface area contributed by atoms with E-state index in [1.807, 2.05) is 13.0 Å². The molecule has 2 N–H and O–H groups in total. The maximum Gasteiger partial charge on any atom is 0.104 e. The molecule has 0 spiro atoms. The van der Waals surface area contributed by atoms with Crippen LogP contribution in [-0.4, -0.2) is 53.5 Å². The molecular formula is C31H49NO4. The Morgan fingerprint density at radius 1 is 0.722 bits per heavy atom. The molecule has 0 aromatic heterocycles. The van der Waals surface area contributed by atoms with E-state index in [2.05, 4.69) is 31.2 Å². The van der Waals surface area contributed by atoms with Crippen molar-refractivity contribution in [1.82, 2.24) is 0 Å². The van der Waals surface area contributed by atoms with E-state index in [0.29, 0.717) is 0 Å². The van der Waals surface area contributed by atoms with Crippen molar-refractivity contribution in [2.75, 3.05) is 32.8 Å². The quantitative estimate of drug-likeness (QED) is 0.216. The number of quaternary nitrogens is 1. The second-order valence-corrected chi connectivity index (χ2v) is 9.94. The van der Waals surface area contributed by atoms with Gasteiger partial charge in [0.25, 0.3) is 0 Å². The van der Waals surface area contributed by atoms with E-state index in [1.54, 1.807) is 12.1 Å². The van der Waals surface area contributed by atoms with Crippen LogP contribution in [0.2, 0.25) is 0 Å². The molecule has 36 heavy (non-hydrogen) atoms. The van der Waals surface area contributed by atoms with Crippen LogP contribution in [0.15, 0.2) is 54.6 Å². The number of rotatable bonds is 18. The summed E-state index contributed by atoms with van der Waals surface area (Å²) in [6.45, 7) is 7.95. The number of carbonyl (C=O) groups excluding carboxylic acids is 1. The van der Waals surface area contributed by atoms with Gasteiger partial charge >= 0.3 is 0 Å². The van der Waals surface area contributed by atoms with Crippen LogP contribution >= 0.6 is 0 Å². The van der Waals surface area contributed by atoms with Gasteiger partial charge in [-0.15, -0.1) is 0 Å². The van der Waals surface area contributed by atoms with Crippen molar-refractivity contribution in [1.29, 1.82) is 0 Å². The van der Waals surface area contributed by atoms with Gasteiger partial charge in [0.1, 0.15) is 19.6 Å². The molecule has 0 aliphatic carbocycles. The number of aliphatic hydroxyl groups is 2. The van der Waals surface area contributed by atoms with Crippen LogP contribution in [0.3, 0.4) is 0 Å². The molecule has 2 aromatic carbocycles. The Bertz CT molecular complexity index is 786. The van der Waals surface area contributed by atoms with Gasteiger partial charge < -0.3 is 24.6 Å². The molecule has 0 saturated carbocycles. The number of aryl methyl sites for hydroxylation is 1. The zero-order valence-corrected chi connectivity index (χ0v) is 22.7. The molecule has 2 rings (SSSR count). The fourth-order valence-corrected chi connectivity index (χ4v) is 4.59. The fourth-order valence-electron chi connectivity index (χ4n) is 4.59. The Kier molecular flexibility index (Phi) is 17.6. The molecule has 2 aromatic rings. The number of aliphatic hydroxyl groups excluding tert-OH is 2. The Hall–Kier alpha value is -2.21. The minimum absolute atomic E-state index is 0.185. The van der Waals surface area contributed by atoms with Crippen molar-refractivity contribution in [3.63, 3.8) is 0 Å². The van der Waals surface area contributed by atoms with E-state index in [-0.39, 0.29) is 18.8 Å². The lowest BCUT2D eigenvalue weighted by Gasteiger charge is -2.38. The maximum absolute atomic E-state index is 10.2. The van der Waals surface area contributed by atoms with Crippen molar-refractivity contribution in [2.24, 2.45) is 0 Å². The molecule has 202 valence electrons. The zero-order valence-electron chi connectivity index (χ0n) is 22.7. The molecule has 0 fully saturated rings. The fraction of sp³-hybridized carbons (Fsp3) is 0.581. The number of unbranched alkanes of at least 4 members (excludes halogenated alkanes) is 9. The van der Waals surface area contributed by atoms with Crippen molar-refractivity contribution in [2.45, 2.75) is 84.6 Å². The first kappa shape index (κ1) is 31.8. The summed E-state index contributed by atoms with van der Waals surface area (Å²) in [5.74, 6) is -1.12. The minimum atomic E-state index is -1.12. The Morgan fingerprint density at radius 2 is 1.22 bits per heavy atom. The first-order chi connectivity index (χ1) is 17.5. The number of hydrogen-bond acceptors (Lipinski definition) is 4. The van der Waals surface area contributed by atoms with Crippen LogP contribution in [0, 0.1) is 6.92 Å². The first-order valence-corrected chi connectivity index (χ1v) is 13.8. The summed E-state index contributed by atoms with van der Waals surface area (Å²) in [6, 6.07) is 17.0. The van der Waals surface area contributed by atoms with Gasteiger partial charge in [0.15, 0.2) is 0 Å². The number of carbonyl (C=O) groups is 1. The molecule has 5 heteroatoms. The van der Waals surface area contributed by atoms with E-state index in [1.165, 1.54) is 81.9 Å². The molecule has 0 aliphatic heterocycles. The second-order valence-electron chi connectivity index (χ2n) is 9.94. The van der Waals surface area contributed by atoms with Gasteiger partial charge in [-0.3, -0.25) is 0 Å². The lowest BCUT2D eigenvalue weighted by molar-refractivity contribution is -0.941. The third kappa shape index (κ3) is 14.4. The monoisotopic (exact) mass is 499 g/mol. The average Bonchev–Trinajstić information content (AvgIpc) is 2.87. The number of benzene rings is 2. The predicted octanol–water partition coefficient (Wildman–Crippen LogP) is 5.27. The highest BCUT2D eigenvalue weighted by Gasteiger charge is 2.26. The van der Waals surface area contributed by atoms with E-state index < -0.39 is 5.97 Å². The van der Waals surface area contributed by atoms with E-state index in [9.17, 15) is 20.1 Å². The highest BCUT2D eigenvalue weighted by molar-refractivity contribution is 5.85. The van der Waals surface area contributed by atoms with Crippen molar-refractivity contribution in [3.8, 4) is 0 Å². The lowest BCUT2D eigenvalue weighted by atomic mass is 10.1. The second kappa shape index (κ2) is 19.9. The molecule has 0 saturated heterocycles. The van der Waals surface area contributed by atoms with Crippen LogP contribution in [0.25, 0.3) is 0 Å². The van der Waals surface area contributed by atoms with E-state index in [0.717, 1.165) is 36.2 Å². The number of hydrogen-bond donors (Lipinski definition) is 2. The van der Waals surface area contributed by atoms with Crippen LogP contribution in [0.4, 0.5) is 0 Å². The third-order valence-electron chi connectivity index (χ3n) is 6.78. The standard InChI is InChI=1S/C23H42NO2.C8H8O2/c1-2-3-4-5-6-7-8-9-10-14-17-24(18-20-25,19-21-26)22-23-15-12-11-13-16-23;1-6-2-4-7(5-3-6)8(9)10/h11-13,15-16,25-26H,2-10,14,17-22H2,1H3;2-5H,1H3,(H,9,10)/q+1;/p-1. The molecule has 0 bridgehead atoms. The summed E-state index contributed by atoms with van der Waals surface area (Å²) in [5, 5.41) is 29.3. The summed E-state index contributed by atoms with van der Waals surface area (Å²) in [4.78, 5) is 10.2. The molecule has 0 amide bonds. The number of aromatic carboxylic acids is 1. The van der Waals surface area contributed by atoms with Gasteiger partial charge in [0, 0.05) is 5.56 Å². The molecular weight excluding hydrogens is 450 g/mol. The normalized spacial score (nSPS) is 11.1. The van der Waals surface area contributed by atoms with Gasteiger partial charge in [-0.1, -0.05) is 118 Å². The largest absolute Gasteiger partial charge is 0.545 e. The Labute approximate surface area is 219 Å². The topological polar surface area (TPSA) is 80.6 Å². The molecule has 0 radical (unpaired) electrons. The number of carboxylic acids is 1. The highest BCUT2D eigenvalue weighted by atomic mass is 16.4. The summed E-state index contributed by atoms with van der Waals surface area (Å²) >= 11 is 0. The van der Waals surface area contributed by atoms with Crippen LogP contribution < -0.4 is 5.11 Å². The molecule has 0 aliphatic rings. The van der Waals surface area contributed by atoms with Crippen molar-refractivity contribution in [3.05, 3.63) is 71.3 Å². The average molecular weight is 500 g/mol. The third-order valence-corrected chi connectivity index (χ3v) is 6.78. The minimum Gasteiger partial charge on any atom is -0.545 e. The van der Waals surface area contributed by atoms with Crippen LogP contribution in [0.1, 0.15) is 92.6 Å². The van der Waals surface area contributed by atoms with Gasteiger partial charge in [0.2, 0.25) is 0 Å². The zero-order chi connectivity index (χ0) is 26.5. The van der Waals surface area contributed by atoms with Gasteiger partial charge in [-0.25, -0.2) is 0 Å². The van der Waals surface area contributed by atoms with Crippen LogP contribution in [-0.2, 0) is 6.54 Å². The summed E-state index contributed by atoms with van der Waals surface area (Å²) < 4.78 is 0.800. The molecule has 0 unspecified atom stereocenters. The summed E-state index contributed by atoms with van der Waals surface area (Å²) in [5.41, 5.74) is 2.57. The molecule has 5 nitrogen and oxygen atoms in total. The lowest BCUT2D eigenvalue weighted by Crippen LogP contribution is -2.51. The summed E-state index contributed by atoms with van der Waals surface area (Å²) in [6.07, 6.45) is 13.4. The summed E-state index contributed by atoms with van der Waals surface area (Å²) in [7, 11) is 0. The van der Waals surface area contributed by atoms with E-state index in [4.69, 9.17) is 0 Å². The van der Waals surface area contributed by atoms with Crippen molar-refractivity contribution < 1.29 is 24.6 Å². The number of nitrogens with zero attached hydrogens (tertiary/aromatic N) is 1. The van der Waals surface area contributed by atoms with Gasteiger partial charge in [-0.05, 0) is 25.3 Å². The van der Waals surface area contributed by atoms with Gasteiger partial charge in [-0.2, -0.15) is 0 Å². The van der Waals surface area contributed by atoms with Crippen molar-refractivity contribution >= 4 is 5.97 Å². The SMILES string of the molecule is CCCCCCCCCCCC[N+](CCO)(CCO)Cc1ccccc1.Cc1ccc(C(=O)[O-])cc1. The molecule has 0 heterocycles. The highest BCUT2D eigenvalue weighted by Crippen LogP contribution is 2.18. The Balaban J connectivity index is 0.000000537. The predicted molar refractivity (Wildman–Crippen MR) is 147 cm³/mol. The van der Waals surface area contributed by atoms with Gasteiger partial charge in [0.05, 0.1) is 25.7 Å².